The molecule has 0 aromatic carbocycles. The minimum atomic E-state index is -0.322. The molecule has 94 valence electrons. The lowest BCUT2D eigenvalue weighted by atomic mass is 10.0. The van der Waals surface area contributed by atoms with E-state index in [1.165, 1.54) is 18.9 Å². The second kappa shape index (κ2) is 7.44. The Kier molecular flexibility index (Phi) is 7.06. The molecule has 3 nitrogen and oxygen atoms in total. The van der Waals surface area contributed by atoms with E-state index in [0.717, 1.165) is 17.3 Å². The van der Waals surface area contributed by atoms with Crippen molar-refractivity contribution < 1.29 is 14.0 Å². The molecule has 0 fully saturated rings. The van der Waals surface area contributed by atoms with Gasteiger partial charge in [-0.1, -0.05) is 19.9 Å². The average Bonchev–Trinajstić information content (AvgIpc) is 2.20. The first-order valence-electron chi connectivity index (χ1n) is 6.02. The minimum absolute atomic E-state index is 0.322. The molecule has 16 heavy (non-hydrogen) atoms. The van der Waals surface area contributed by atoms with Gasteiger partial charge in [0.25, 0.3) is 0 Å². The third kappa shape index (κ3) is 6.62. The van der Waals surface area contributed by atoms with E-state index in [0.29, 0.717) is 12.6 Å². The third-order valence-corrected chi connectivity index (χ3v) is 2.81. The number of esters is 1. The van der Waals surface area contributed by atoms with Gasteiger partial charge in [-0.25, -0.2) is 4.79 Å². The Morgan fingerprint density at radius 2 is 2.00 bits per heavy atom. The summed E-state index contributed by atoms with van der Waals surface area (Å²) < 4.78 is 5.94. The van der Waals surface area contributed by atoms with Crippen LogP contribution in [0.15, 0.2) is 12.7 Å². The largest absolute Gasteiger partial charge is 0.463 e. The normalized spacial score (nSPS) is 13.2. The van der Waals surface area contributed by atoms with Gasteiger partial charge in [0.05, 0.1) is 33.8 Å². The quantitative estimate of drug-likeness (QED) is 0.276. The topological polar surface area (TPSA) is 26.3 Å². The van der Waals surface area contributed by atoms with Gasteiger partial charge in [-0.15, -0.1) is 0 Å². The van der Waals surface area contributed by atoms with Gasteiger partial charge >= 0.3 is 5.97 Å². The molecule has 0 aliphatic heterocycles. The van der Waals surface area contributed by atoms with Crippen molar-refractivity contribution in [2.45, 2.75) is 38.6 Å². The van der Waals surface area contributed by atoms with E-state index < -0.39 is 0 Å². The van der Waals surface area contributed by atoms with Gasteiger partial charge in [-0.05, 0) is 12.8 Å². The zero-order valence-corrected chi connectivity index (χ0v) is 11.2. The summed E-state index contributed by atoms with van der Waals surface area (Å²) in [5, 5.41) is 0. The molecular formula is C13H26NO2+. The molecule has 0 aliphatic carbocycles. The van der Waals surface area contributed by atoms with Crippen molar-refractivity contribution in [3.05, 3.63) is 12.7 Å². The van der Waals surface area contributed by atoms with E-state index >= 15 is 0 Å². The van der Waals surface area contributed by atoms with Crippen LogP contribution in [-0.4, -0.2) is 44.2 Å². The lowest BCUT2D eigenvalue weighted by Gasteiger charge is -2.34. The van der Waals surface area contributed by atoms with E-state index in [4.69, 9.17) is 4.74 Å². The molecule has 0 aromatic rings. The van der Waals surface area contributed by atoms with Crippen LogP contribution in [-0.2, 0) is 9.53 Å². The maximum absolute atomic E-state index is 10.8. The van der Waals surface area contributed by atoms with Crippen molar-refractivity contribution >= 4 is 5.97 Å². The number of carbonyl (C=O) groups excluding carboxylic acids is 1. The van der Waals surface area contributed by atoms with E-state index in [9.17, 15) is 4.79 Å². The smallest absolute Gasteiger partial charge is 0.330 e. The summed E-state index contributed by atoms with van der Waals surface area (Å²) in [6, 6.07) is 0.646. The zero-order valence-electron chi connectivity index (χ0n) is 11.2. The third-order valence-electron chi connectivity index (χ3n) is 2.81. The Hall–Kier alpha value is -0.830. The maximum atomic E-state index is 10.8. The molecular weight excluding hydrogens is 202 g/mol. The molecule has 0 radical (unpaired) electrons. The molecule has 3 heteroatoms. The van der Waals surface area contributed by atoms with Crippen LogP contribution in [0.1, 0.15) is 32.6 Å². The van der Waals surface area contributed by atoms with Crippen LogP contribution >= 0.6 is 0 Å². The van der Waals surface area contributed by atoms with E-state index in [2.05, 4.69) is 34.6 Å². The van der Waals surface area contributed by atoms with Crippen LogP contribution in [0, 0.1) is 0 Å². The van der Waals surface area contributed by atoms with Crippen LogP contribution < -0.4 is 0 Å². The summed E-state index contributed by atoms with van der Waals surface area (Å²) in [6.45, 7) is 6.08. The van der Waals surface area contributed by atoms with E-state index in [1.54, 1.807) is 0 Å². The number of carbonyl (C=O) groups is 1. The fraction of sp³-hybridized carbons (Fsp3) is 0.769. The van der Waals surface area contributed by atoms with Gasteiger partial charge in [0.15, 0.2) is 0 Å². The second-order valence-corrected chi connectivity index (χ2v) is 5.07. The number of rotatable bonds is 8. The van der Waals surface area contributed by atoms with Gasteiger partial charge in [-0.3, -0.25) is 0 Å². The number of quaternary nitrogens is 1. The first-order valence-corrected chi connectivity index (χ1v) is 6.02. The summed E-state index contributed by atoms with van der Waals surface area (Å²) in [4.78, 5) is 10.8. The second-order valence-electron chi connectivity index (χ2n) is 5.07. The highest BCUT2D eigenvalue weighted by molar-refractivity contribution is 5.81. The summed E-state index contributed by atoms with van der Waals surface area (Å²) in [5.41, 5.74) is 0. The molecule has 0 saturated carbocycles. The van der Waals surface area contributed by atoms with Crippen LogP contribution in [0.4, 0.5) is 0 Å². The van der Waals surface area contributed by atoms with Gasteiger partial charge in [-0.2, -0.15) is 0 Å². The molecule has 0 spiro atoms. The predicted octanol–water partition coefficient (Wildman–Crippen LogP) is 2.37. The Bertz CT molecular complexity index is 218. The summed E-state index contributed by atoms with van der Waals surface area (Å²) in [5.74, 6) is -0.322. The molecule has 0 heterocycles. The summed E-state index contributed by atoms with van der Waals surface area (Å²) in [7, 11) is 6.65. The van der Waals surface area contributed by atoms with Gasteiger partial charge in [0, 0.05) is 12.5 Å². The Morgan fingerprint density at radius 1 is 1.38 bits per heavy atom. The fourth-order valence-electron chi connectivity index (χ4n) is 1.80. The number of ether oxygens (including phenoxy) is 1. The first-order chi connectivity index (χ1) is 7.41. The van der Waals surface area contributed by atoms with Gasteiger partial charge < -0.3 is 9.22 Å². The van der Waals surface area contributed by atoms with Crippen LogP contribution in [0.3, 0.4) is 0 Å². The Labute approximate surface area is 99.7 Å². The monoisotopic (exact) mass is 228 g/mol. The maximum Gasteiger partial charge on any atom is 0.330 e. The highest BCUT2D eigenvalue weighted by Gasteiger charge is 2.21. The van der Waals surface area contributed by atoms with E-state index in [1.807, 2.05) is 0 Å². The predicted molar refractivity (Wildman–Crippen MR) is 67.1 cm³/mol. The molecule has 0 rings (SSSR count). The molecule has 0 aromatic heterocycles. The van der Waals surface area contributed by atoms with Crippen LogP contribution in [0.2, 0.25) is 0 Å². The highest BCUT2D eigenvalue weighted by Crippen LogP contribution is 2.15. The molecule has 0 N–H and O–H groups in total. The molecule has 1 unspecified atom stereocenters. The minimum Gasteiger partial charge on any atom is -0.463 e. The molecule has 1 atom stereocenters. The average molecular weight is 228 g/mol. The zero-order chi connectivity index (χ0) is 12.6. The van der Waals surface area contributed by atoms with Crippen molar-refractivity contribution in [3.8, 4) is 0 Å². The van der Waals surface area contributed by atoms with Crippen molar-refractivity contribution in [2.75, 3.05) is 27.7 Å². The van der Waals surface area contributed by atoms with Crippen molar-refractivity contribution in [1.82, 2.24) is 0 Å². The lowest BCUT2D eigenvalue weighted by Crippen LogP contribution is -2.45. The van der Waals surface area contributed by atoms with Gasteiger partial charge in [0.1, 0.15) is 0 Å². The van der Waals surface area contributed by atoms with Crippen molar-refractivity contribution in [3.63, 3.8) is 0 Å². The van der Waals surface area contributed by atoms with Crippen molar-refractivity contribution in [2.24, 2.45) is 0 Å². The standard InChI is InChI=1S/C13H26NO2/c1-6-9-12(14(3,4)5)10-8-11-16-13(15)7-2/h7,12H,2,6,8-11H2,1,3-5H3/q+1. The summed E-state index contributed by atoms with van der Waals surface area (Å²) in [6.07, 6.45) is 5.66. The molecule has 0 aliphatic rings. The number of nitrogens with zero attached hydrogens (tertiary/aromatic N) is 1. The molecule has 0 bridgehead atoms. The number of hydrogen-bond donors (Lipinski definition) is 0. The lowest BCUT2D eigenvalue weighted by molar-refractivity contribution is -0.896. The highest BCUT2D eigenvalue weighted by atomic mass is 16.5. The SMILES string of the molecule is C=CC(=O)OCCCC(CCC)[N+](C)(C)C. The Morgan fingerprint density at radius 3 is 2.44 bits per heavy atom. The van der Waals surface area contributed by atoms with Gasteiger partial charge in [0.2, 0.25) is 0 Å². The fourth-order valence-corrected chi connectivity index (χ4v) is 1.80. The van der Waals surface area contributed by atoms with Crippen LogP contribution in [0.25, 0.3) is 0 Å². The molecule has 0 amide bonds. The summed E-state index contributed by atoms with van der Waals surface area (Å²) >= 11 is 0. The molecule has 0 saturated heterocycles. The van der Waals surface area contributed by atoms with Crippen LogP contribution in [0.5, 0.6) is 0 Å². The van der Waals surface area contributed by atoms with E-state index in [-0.39, 0.29) is 5.97 Å². The first kappa shape index (κ1) is 15.2. The number of hydrogen-bond acceptors (Lipinski definition) is 2. The van der Waals surface area contributed by atoms with Crippen molar-refractivity contribution in [1.29, 1.82) is 0 Å². The Balaban J connectivity index is 3.85.